The molecule has 1 aliphatic rings. The van der Waals surface area contributed by atoms with Crippen LogP contribution in [-0.2, 0) is 4.79 Å². The molecule has 1 fully saturated rings. The van der Waals surface area contributed by atoms with E-state index in [-0.39, 0.29) is 11.9 Å². The monoisotopic (exact) mass is 331 g/mol. The van der Waals surface area contributed by atoms with Gasteiger partial charge in [-0.1, -0.05) is 11.6 Å². The second-order valence-corrected chi connectivity index (χ2v) is 5.71. The quantitative estimate of drug-likeness (QED) is 0.925. The molecule has 0 bridgehead atoms. The van der Waals surface area contributed by atoms with Gasteiger partial charge in [-0.3, -0.25) is 4.79 Å². The number of likely N-dealkylation sites (tertiary alicyclic amines) is 1. The fraction of sp³-hybridized carbons (Fsp3) is 0.500. The Balaban J connectivity index is 2.01. The van der Waals surface area contributed by atoms with Crippen LogP contribution in [0.5, 0.6) is 0 Å². The van der Waals surface area contributed by atoms with Gasteiger partial charge in [0.1, 0.15) is 11.9 Å². The van der Waals surface area contributed by atoms with Crippen molar-refractivity contribution in [3.05, 3.63) is 21.8 Å². The summed E-state index contributed by atoms with van der Waals surface area (Å²) in [7, 11) is 0. The van der Waals surface area contributed by atoms with E-state index in [9.17, 15) is 4.79 Å². The van der Waals surface area contributed by atoms with Gasteiger partial charge in [0.05, 0.1) is 5.02 Å². The molecule has 0 radical (unpaired) electrons. The van der Waals surface area contributed by atoms with Crippen LogP contribution in [0.3, 0.4) is 0 Å². The van der Waals surface area contributed by atoms with E-state index < -0.39 is 0 Å². The van der Waals surface area contributed by atoms with E-state index in [4.69, 9.17) is 11.6 Å². The predicted molar refractivity (Wildman–Crippen MR) is 75.8 cm³/mol. The minimum atomic E-state index is -0.311. The third kappa shape index (κ3) is 3.14. The summed E-state index contributed by atoms with van der Waals surface area (Å²) in [6.07, 6.45) is 3.84. The fourth-order valence-corrected chi connectivity index (χ4v) is 2.68. The molecule has 0 saturated carbocycles. The molecule has 1 unspecified atom stereocenters. The van der Waals surface area contributed by atoms with E-state index in [1.165, 1.54) is 0 Å². The number of hydrogen-bond acceptors (Lipinski definition) is 3. The van der Waals surface area contributed by atoms with Crippen molar-refractivity contribution >= 4 is 39.3 Å². The first-order valence-corrected chi connectivity index (χ1v) is 7.11. The van der Waals surface area contributed by atoms with Crippen LogP contribution in [0.25, 0.3) is 0 Å². The maximum Gasteiger partial charge on any atom is 0.244 e. The van der Waals surface area contributed by atoms with Gasteiger partial charge in [0.25, 0.3) is 0 Å². The summed E-state index contributed by atoms with van der Waals surface area (Å²) in [5.41, 5.74) is 0. The highest BCUT2D eigenvalue weighted by molar-refractivity contribution is 9.10. The number of hydrogen-bond donors (Lipinski definition) is 1. The molecule has 0 aromatic carbocycles. The second kappa shape index (κ2) is 5.89. The minimum absolute atomic E-state index is 0.105. The number of nitrogens with one attached hydrogen (secondary N) is 1. The van der Waals surface area contributed by atoms with Crippen LogP contribution >= 0.6 is 27.5 Å². The predicted octanol–water partition coefficient (Wildman–Crippen LogP) is 2.92. The topological polar surface area (TPSA) is 45.2 Å². The number of amides is 1. The van der Waals surface area contributed by atoms with Gasteiger partial charge in [-0.15, -0.1) is 0 Å². The Kier molecular flexibility index (Phi) is 4.45. The number of aromatic nitrogens is 1. The molecule has 6 heteroatoms. The van der Waals surface area contributed by atoms with Crippen LogP contribution in [0.4, 0.5) is 5.82 Å². The molecule has 0 spiro atoms. The summed E-state index contributed by atoms with van der Waals surface area (Å²) < 4.78 is 0.816. The van der Waals surface area contributed by atoms with E-state index in [0.717, 1.165) is 30.4 Å². The summed E-state index contributed by atoms with van der Waals surface area (Å²) in [5, 5.41) is 3.56. The van der Waals surface area contributed by atoms with Crippen molar-refractivity contribution in [3.8, 4) is 0 Å². The van der Waals surface area contributed by atoms with Crippen molar-refractivity contribution in [3.63, 3.8) is 0 Å². The molecule has 1 atom stereocenters. The molecule has 1 N–H and O–H groups in total. The highest BCUT2D eigenvalue weighted by atomic mass is 79.9. The maximum absolute atomic E-state index is 12.1. The Morgan fingerprint density at radius 2 is 2.22 bits per heavy atom. The Bertz CT molecular complexity index is 449. The lowest BCUT2D eigenvalue weighted by molar-refractivity contribution is -0.130. The number of anilines is 1. The van der Waals surface area contributed by atoms with Crippen molar-refractivity contribution in [2.75, 3.05) is 18.4 Å². The third-order valence-electron chi connectivity index (χ3n) is 2.95. The standard InChI is InChI=1S/C12H15BrClN3O/c1-8(12(18)17-4-2-3-5-17)16-11-10(14)6-9(13)7-15-11/h6-8H,2-5H2,1H3,(H,15,16). The third-order valence-corrected chi connectivity index (χ3v) is 3.67. The lowest BCUT2D eigenvalue weighted by Gasteiger charge is -2.21. The summed E-state index contributed by atoms with van der Waals surface area (Å²) in [4.78, 5) is 18.2. The fourth-order valence-electron chi connectivity index (χ4n) is 2.00. The first-order valence-electron chi connectivity index (χ1n) is 5.94. The van der Waals surface area contributed by atoms with Gasteiger partial charge in [-0.05, 0) is 41.8 Å². The average Bonchev–Trinajstić information content (AvgIpc) is 2.85. The number of carbonyl (C=O) groups is 1. The summed E-state index contributed by atoms with van der Waals surface area (Å²) >= 11 is 9.35. The van der Waals surface area contributed by atoms with E-state index in [1.54, 1.807) is 12.3 Å². The van der Waals surface area contributed by atoms with E-state index in [0.29, 0.717) is 10.8 Å². The zero-order valence-electron chi connectivity index (χ0n) is 10.1. The molecule has 1 aromatic rings. The molecule has 1 aliphatic heterocycles. The van der Waals surface area contributed by atoms with Crippen molar-refractivity contribution in [2.24, 2.45) is 0 Å². The molecule has 1 aromatic heterocycles. The highest BCUT2D eigenvalue weighted by Gasteiger charge is 2.23. The van der Waals surface area contributed by atoms with Gasteiger partial charge in [0.2, 0.25) is 5.91 Å². The average molecular weight is 333 g/mol. The Labute approximate surface area is 120 Å². The largest absolute Gasteiger partial charge is 0.357 e. The van der Waals surface area contributed by atoms with Gasteiger partial charge in [-0.2, -0.15) is 0 Å². The molecular formula is C12H15BrClN3O. The molecule has 18 heavy (non-hydrogen) atoms. The van der Waals surface area contributed by atoms with Gasteiger partial charge >= 0.3 is 0 Å². The number of rotatable bonds is 3. The Hall–Kier alpha value is -0.810. The number of nitrogens with zero attached hydrogens (tertiary/aromatic N) is 2. The smallest absolute Gasteiger partial charge is 0.244 e. The maximum atomic E-state index is 12.1. The van der Waals surface area contributed by atoms with E-state index in [1.807, 2.05) is 11.8 Å². The number of carbonyl (C=O) groups excluding carboxylic acids is 1. The van der Waals surface area contributed by atoms with Crippen LogP contribution in [0.15, 0.2) is 16.7 Å². The van der Waals surface area contributed by atoms with E-state index in [2.05, 4.69) is 26.2 Å². The first kappa shape index (κ1) is 13.6. The van der Waals surface area contributed by atoms with Crippen LogP contribution in [0, 0.1) is 0 Å². The molecular weight excluding hydrogens is 318 g/mol. The summed E-state index contributed by atoms with van der Waals surface area (Å²) in [5.74, 6) is 0.646. The van der Waals surface area contributed by atoms with Crippen molar-refractivity contribution < 1.29 is 4.79 Å². The lowest BCUT2D eigenvalue weighted by Crippen LogP contribution is -2.39. The molecule has 0 aliphatic carbocycles. The van der Waals surface area contributed by atoms with Crippen molar-refractivity contribution in [1.82, 2.24) is 9.88 Å². The van der Waals surface area contributed by atoms with Crippen LogP contribution in [0.2, 0.25) is 5.02 Å². The number of halogens is 2. The van der Waals surface area contributed by atoms with Gasteiger partial charge in [0, 0.05) is 23.8 Å². The van der Waals surface area contributed by atoms with Gasteiger partial charge in [-0.25, -0.2) is 4.98 Å². The molecule has 2 heterocycles. The van der Waals surface area contributed by atoms with Crippen LogP contribution < -0.4 is 5.32 Å². The van der Waals surface area contributed by atoms with E-state index >= 15 is 0 Å². The molecule has 2 rings (SSSR count). The Morgan fingerprint density at radius 3 is 2.83 bits per heavy atom. The SMILES string of the molecule is CC(Nc1ncc(Br)cc1Cl)C(=O)N1CCCC1. The lowest BCUT2D eigenvalue weighted by atomic mass is 10.3. The first-order chi connectivity index (χ1) is 8.58. The zero-order chi connectivity index (χ0) is 13.1. The summed E-state index contributed by atoms with van der Waals surface area (Å²) in [6, 6.07) is 1.44. The number of pyridine rings is 1. The van der Waals surface area contributed by atoms with Gasteiger partial charge < -0.3 is 10.2 Å². The molecule has 1 saturated heterocycles. The second-order valence-electron chi connectivity index (χ2n) is 4.38. The minimum Gasteiger partial charge on any atom is -0.357 e. The normalized spacial score (nSPS) is 16.7. The molecule has 4 nitrogen and oxygen atoms in total. The zero-order valence-corrected chi connectivity index (χ0v) is 12.5. The molecule has 98 valence electrons. The van der Waals surface area contributed by atoms with Crippen LogP contribution in [-0.4, -0.2) is 34.9 Å². The van der Waals surface area contributed by atoms with Gasteiger partial charge in [0.15, 0.2) is 0 Å². The van der Waals surface area contributed by atoms with Crippen molar-refractivity contribution in [2.45, 2.75) is 25.8 Å². The van der Waals surface area contributed by atoms with Crippen molar-refractivity contribution in [1.29, 1.82) is 0 Å². The Morgan fingerprint density at radius 1 is 1.56 bits per heavy atom. The van der Waals surface area contributed by atoms with Crippen LogP contribution in [0.1, 0.15) is 19.8 Å². The highest BCUT2D eigenvalue weighted by Crippen LogP contribution is 2.23. The molecule has 1 amide bonds. The summed E-state index contributed by atoms with van der Waals surface area (Å²) in [6.45, 7) is 3.54.